The summed E-state index contributed by atoms with van der Waals surface area (Å²) in [4.78, 5) is 11.3. The molecule has 0 fully saturated rings. The molecule has 1 unspecified atom stereocenters. The molecule has 0 heterocycles. The maximum absolute atomic E-state index is 11.3. The van der Waals surface area contributed by atoms with Gasteiger partial charge in [0, 0.05) is 11.1 Å². The lowest BCUT2D eigenvalue weighted by atomic mass is 10.1. The molecule has 0 aromatic heterocycles. The SMILES string of the molecule is COc1cc(C=O)cc(C(C)O[Si](C(C)C)(C(C)C)C(C)C)c1OC. The first-order valence-corrected chi connectivity index (χ1v) is 11.2. The molecule has 0 aliphatic carbocycles. The number of carbonyl (C=O) groups excluding carboxylic acids is 1. The van der Waals surface area contributed by atoms with E-state index in [1.165, 1.54) is 0 Å². The summed E-state index contributed by atoms with van der Waals surface area (Å²) >= 11 is 0. The monoisotopic (exact) mass is 366 g/mol. The van der Waals surface area contributed by atoms with Crippen LogP contribution in [0.15, 0.2) is 12.1 Å². The molecule has 5 heteroatoms. The Morgan fingerprint density at radius 2 is 1.40 bits per heavy atom. The molecule has 1 aromatic carbocycles. The van der Waals surface area contributed by atoms with Crippen LogP contribution in [-0.4, -0.2) is 28.8 Å². The minimum absolute atomic E-state index is 0.178. The smallest absolute Gasteiger partial charge is 0.201 e. The number of benzene rings is 1. The maximum Gasteiger partial charge on any atom is 0.201 e. The van der Waals surface area contributed by atoms with E-state index in [4.69, 9.17) is 13.9 Å². The van der Waals surface area contributed by atoms with Gasteiger partial charge in [-0.3, -0.25) is 4.79 Å². The van der Waals surface area contributed by atoms with Crippen molar-refractivity contribution in [3.63, 3.8) is 0 Å². The molecule has 142 valence electrons. The van der Waals surface area contributed by atoms with Gasteiger partial charge in [0.2, 0.25) is 8.32 Å². The van der Waals surface area contributed by atoms with Crippen LogP contribution in [0.4, 0.5) is 0 Å². The largest absolute Gasteiger partial charge is 0.493 e. The Bertz CT molecular complexity index is 560. The van der Waals surface area contributed by atoms with Gasteiger partial charge >= 0.3 is 0 Å². The van der Waals surface area contributed by atoms with Crippen molar-refractivity contribution in [2.75, 3.05) is 14.2 Å². The Hall–Kier alpha value is -1.33. The Kier molecular flexibility index (Phi) is 7.69. The van der Waals surface area contributed by atoms with Gasteiger partial charge in [0.15, 0.2) is 11.5 Å². The van der Waals surface area contributed by atoms with Crippen molar-refractivity contribution in [2.45, 2.75) is 71.2 Å². The van der Waals surface area contributed by atoms with E-state index in [1.54, 1.807) is 20.3 Å². The van der Waals surface area contributed by atoms with Crippen molar-refractivity contribution in [1.82, 2.24) is 0 Å². The number of hydrogen-bond donors (Lipinski definition) is 0. The number of hydrogen-bond acceptors (Lipinski definition) is 4. The number of ether oxygens (including phenoxy) is 2. The van der Waals surface area contributed by atoms with E-state index < -0.39 is 8.32 Å². The highest BCUT2D eigenvalue weighted by Gasteiger charge is 2.46. The van der Waals surface area contributed by atoms with Gasteiger partial charge in [0.25, 0.3) is 0 Å². The first-order chi connectivity index (χ1) is 11.6. The minimum Gasteiger partial charge on any atom is -0.493 e. The van der Waals surface area contributed by atoms with Crippen molar-refractivity contribution in [2.24, 2.45) is 0 Å². The summed E-state index contributed by atoms with van der Waals surface area (Å²) in [5, 5.41) is 0. The van der Waals surface area contributed by atoms with Crippen molar-refractivity contribution in [3.8, 4) is 11.5 Å². The molecule has 1 atom stereocenters. The molecule has 4 nitrogen and oxygen atoms in total. The van der Waals surface area contributed by atoms with E-state index in [1.807, 2.05) is 13.0 Å². The van der Waals surface area contributed by atoms with Gasteiger partial charge < -0.3 is 13.9 Å². The normalized spacial score (nSPS) is 13.4. The second kappa shape index (κ2) is 8.85. The number of carbonyl (C=O) groups is 1. The minimum atomic E-state index is -2.05. The van der Waals surface area contributed by atoms with E-state index in [9.17, 15) is 4.79 Å². The lowest BCUT2D eigenvalue weighted by molar-refractivity contribution is 0.112. The molecular formula is C20H34O4Si. The van der Waals surface area contributed by atoms with E-state index in [2.05, 4.69) is 41.5 Å². The maximum atomic E-state index is 11.3. The fourth-order valence-corrected chi connectivity index (χ4v) is 9.72. The summed E-state index contributed by atoms with van der Waals surface area (Å²) in [6, 6.07) is 3.54. The predicted molar refractivity (Wildman–Crippen MR) is 105 cm³/mol. The third-order valence-electron chi connectivity index (χ3n) is 5.19. The molecule has 0 saturated carbocycles. The van der Waals surface area contributed by atoms with Crippen molar-refractivity contribution < 1.29 is 18.7 Å². The van der Waals surface area contributed by atoms with Crippen molar-refractivity contribution >= 4 is 14.6 Å². The van der Waals surface area contributed by atoms with Crippen LogP contribution in [0.25, 0.3) is 0 Å². The third-order valence-corrected chi connectivity index (χ3v) is 11.4. The number of rotatable bonds is 9. The average molecular weight is 367 g/mol. The standard InChI is InChI=1S/C20H34O4Si/c1-13(2)25(14(3)4,15(5)6)24-16(7)18-10-17(12-21)11-19(22-8)20(18)23-9/h10-16H,1-9H3. The predicted octanol–water partition coefficient (Wildman–Crippen LogP) is 5.77. The lowest BCUT2D eigenvalue weighted by Gasteiger charge is -2.44. The zero-order valence-corrected chi connectivity index (χ0v) is 18.2. The summed E-state index contributed by atoms with van der Waals surface area (Å²) in [7, 11) is 1.15. The summed E-state index contributed by atoms with van der Waals surface area (Å²) < 4.78 is 17.8. The molecule has 25 heavy (non-hydrogen) atoms. The molecule has 0 spiro atoms. The van der Waals surface area contributed by atoms with E-state index in [-0.39, 0.29) is 6.10 Å². The van der Waals surface area contributed by atoms with Crippen LogP contribution in [0, 0.1) is 0 Å². The topological polar surface area (TPSA) is 44.8 Å². The second-order valence-corrected chi connectivity index (χ2v) is 12.9. The quantitative estimate of drug-likeness (QED) is 0.411. The Morgan fingerprint density at radius 1 is 0.880 bits per heavy atom. The van der Waals surface area contributed by atoms with Crippen LogP contribution in [0.1, 0.15) is 70.5 Å². The summed E-state index contributed by atoms with van der Waals surface area (Å²) in [5.74, 6) is 1.20. The zero-order valence-electron chi connectivity index (χ0n) is 17.2. The van der Waals surface area contributed by atoms with Crippen LogP contribution in [0.5, 0.6) is 11.5 Å². The highest BCUT2D eigenvalue weighted by atomic mass is 28.4. The first kappa shape index (κ1) is 21.7. The molecule has 0 saturated heterocycles. The van der Waals surface area contributed by atoms with Gasteiger partial charge in [-0.2, -0.15) is 0 Å². The van der Waals surface area contributed by atoms with Crippen LogP contribution >= 0.6 is 0 Å². The summed E-state index contributed by atoms with van der Waals surface area (Å²) in [5.41, 5.74) is 2.88. The third kappa shape index (κ3) is 4.26. The first-order valence-electron chi connectivity index (χ1n) is 9.04. The average Bonchev–Trinajstić information content (AvgIpc) is 2.56. The van der Waals surface area contributed by atoms with E-state index in [0.717, 1.165) is 11.8 Å². The van der Waals surface area contributed by atoms with E-state index >= 15 is 0 Å². The highest BCUT2D eigenvalue weighted by molar-refractivity contribution is 6.77. The summed E-state index contributed by atoms with van der Waals surface area (Å²) in [6.07, 6.45) is 0.651. The van der Waals surface area contributed by atoms with Crippen LogP contribution in [-0.2, 0) is 4.43 Å². The number of aldehydes is 1. The number of methoxy groups -OCH3 is 2. The second-order valence-electron chi connectivity index (χ2n) is 7.54. The van der Waals surface area contributed by atoms with Crippen LogP contribution in [0.2, 0.25) is 16.6 Å². The highest BCUT2D eigenvalue weighted by Crippen LogP contribution is 2.47. The molecule has 0 aliphatic heterocycles. The molecule has 0 bridgehead atoms. The fraction of sp³-hybridized carbons (Fsp3) is 0.650. The summed E-state index contributed by atoms with van der Waals surface area (Å²) in [6.45, 7) is 15.6. The Balaban J connectivity index is 3.43. The molecular weight excluding hydrogens is 332 g/mol. The zero-order chi connectivity index (χ0) is 19.4. The lowest BCUT2D eigenvalue weighted by Crippen LogP contribution is -2.48. The molecule has 0 N–H and O–H groups in total. The van der Waals surface area contributed by atoms with Crippen molar-refractivity contribution in [1.29, 1.82) is 0 Å². The molecule has 1 aromatic rings. The van der Waals surface area contributed by atoms with Gasteiger partial charge in [-0.15, -0.1) is 0 Å². The Morgan fingerprint density at radius 3 is 1.76 bits per heavy atom. The molecule has 0 aliphatic rings. The van der Waals surface area contributed by atoms with Crippen LogP contribution in [0.3, 0.4) is 0 Å². The van der Waals surface area contributed by atoms with Gasteiger partial charge in [-0.25, -0.2) is 0 Å². The van der Waals surface area contributed by atoms with E-state index in [0.29, 0.717) is 33.7 Å². The van der Waals surface area contributed by atoms with Gasteiger partial charge in [0.1, 0.15) is 6.29 Å². The van der Waals surface area contributed by atoms with Gasteiger partial charge in [-0.05, 0) is 35.7 Å². The fourth-order valence-electron chi connectivity index (χ4n) is 4.16. The van der Waals surface area contributed by atoms with Gasteiger partial charge in [0.05, 0.1) is 20.3 Å². The van der Waals surface area contributed by atoms with Crippen molar-refractivity contribution in [3.05, 3.63) is 23.3 Å². The Labute approximate surface area is 154 Å². The van der Waals surface area contributed by atoms with Crippen LogP contribution < -0.4 is 9.47 Å². The van der Waals surface area contributed by atoms with Gasteiger partial charge in [-0.1, -0.05) is 41.5 Å². The molecule has 0 radical (unpaired) electrons. The molecule has 1 rings (SSSR count). The molecule has 0 amide bonds.